The van der Waals surface area contributed by atoms with Gasteiger partial charge in [0, 0.05) is 42.3 Å². The van der Waals surface area contributed by atoms with E-state index in [1.807, 2.05) is 42.5 Å². The topological polar surface area (TPSA) is 123 Å². The Morgan fingerprint density at radius 3 is 2.68 bits per heavy atom. The van der Waals surface area contributed by atoms with Crippen LogP contribution in [0.1, 0.15) is 29.0 Å². The number of benzene rings is 1. The number of anilines is 1. The van der Waals surface area contributed by atoms with E-state index in [9.17, 15) is 9.90 Å². The summed E-state index contributed by atoms with van der Waals surface area (Å²) in [7, 11) is 0. The minimum atomic E-state index is -0.972. The van der Waals surface area contributed by atoms with Crippen molar-refractivity contribution in [2.45, 2.75) is 25.4 Å². The van der Waals surface area contributed by atoms with E-state index in [1.54, 1.807) is 29.2 Å². The quantitative estimate of drug-likeness (QED) is 0.315. The number of aromatic carboxylic acids is 1. The van der Waals surface area contributed by atoms with E-state index in [1.165, 1.54) is 11.3 Å². The van der Waals surface area contributed by atoms with Crippen molar-refractivity contribution in [2.24, 2.45) is 5.73 Å². The maximum atomic E-state index is 11.5. The number of nitrogens with zero attached hydrogens (tertiary/aromatic N) is 5. The van der Waals surface area contributed by atoms with Crippen molar-refractivity contribution in [1.82, 2.24) is 19.7 Å². The monoisotopic (exact) mass is 536 g/mol. The van der Waals surface area contributed by atoms with E-state index < -0.39 is 5.97 Å². The number of hydrogen-bond acceptors (Lipinski definition) is 8. The lowest BCUT2D eigenvalue weighted by molar-refractivity contribution is 0.0686. The molecule has 3 N–H and O–H groups in total. The number of piperidine rings is 1. The number of para-hydroxylation sites is 1. The van der Waals surface area contributed by atoms with Crippen LogP contribution in [0.5, 0.6) is 0 Å². The molecule has 11 heteroatoms. The lowest BCUT2D eigenvalue weighted by atomic mass is 10.1. The highest BCUT2D eigenvalue weighted by atomic mass is 35.5. The summed E-state index contributed by atoms with van der Waals surface area (Å²) >= 11 is 7.34. The van der Waals surface area contributed by atoms with Crippen LogP contribution in [0.2, 0.25) is 4.34 Å². The minimum absolute atomic E-state index is 0.222. The van der Waals surface area contributed by atoms with Crippen LogP contribution in [-0.2, 0) is 6.54 Å². The molecule has 0 amide bonds. The molecule has 1 fully saturated rings. The molecule has 5 aromatic rings. The van der Waals surface area contributed by atoms with Crippen LogP contribution in [0.15, 0.2) is 71.6 Å². The van der Waals surface area contributed by atoms with Gasteiger partial charge in [0.1, 0.15) is 23.5 Å². The van der Waals surface area contributed by atoms with E-state index >= 15 is 0 Å². The molecule has 5 heterocycles. The van der Waals surface area contributed by atoms with Crippen LogP contribution < -0.4 is 10.6 Å². The molecule has 0 atom stereocenters. The van der Waals surface area contributed by atoms with Crippen molar-refractivity contribution in [3.63, 3.8) is 0 Å². The molecule has 0 unspecified atom stereocenters. The number of fused-ring (bicyclic) bond motifs is 1. The molecule has 1 saturated heterocycles. The van der Waals surface area contributed by atoms with Gasteiger partial charge in [-0.2, -0.15) is 0 Å². The Bertz CT molecular complexity index is 1490. The number of carbonyl (C=O) groups is 1. The molecule has 37 heavy (non-hydrogen) atoms. The highest BCUT2D eigenvalue weighted by molar-refractivity contribution is 7.19. The van der Waals surface area contributed by atoms with Gasteiger partial charge in [0.2, 0.25) is 0 Å². The standard InChI is InChI=1S/C17H11ClN2O3S.C9H14N4/c18-16-6-5-15(24-16)14-8-11(19-23-14)9-20-12-4-2-1-3-10(12)7-13(20)17(21)22;10-8-2-5-13(6-3-8)9-1-4-11-7-12-9/h1-8H,9H2,(H,21,22);1,4,7-8H,2-3,5-6,10H2. The zero-order valence-electron chi connectivity index (χ0n) is 19.8. The maximum Gasteiger partial charge on any atom is 0.352 e. The van der Waals surface area contributed by atoms with Gasteiger partial charge in [0.25, 0.3) is 0 Å². The number of carboxylic acid groups (broad SMARTS) is 1. The Hall–Kier alpha value is -3.73. The van der Waals surface area contributed by atoms with Gasteiger partial charge < -0.3 is 24.8 Å². The fraction of sp³-hybridized carbons (Fsp3) is 0.231. The summed E-state index contributed by atoms with van der Waals surface area (Å²) in [5.41, 5.74) is 7.53. The third-order valence-electron chi connectivity index (χ3n) is 6.15. The van der Waals surface area contributed by atoms with Crippen molar-refractivity contribution in [3.8, 4) is 10.6 Å². The zero-order valence-corrected chi connectivity index (χ0v) is 21.4. The summed E-state index contributed by atoms with van der Waals surface area (Å²) in [6.45, 7) is 2.34. The summed E-state index contributed by atoms with van der Waals surface area (Å²) in [6.07, 6.45) is 5.48. The second-order valence-electron chi connectivity index (χ2n) is 8.66. The minimum Gasteiger partial charge on any atom is -0.477 e. The molecule has 0 aliphatic carbocycles. The number of aromatic nitrogens is 4. The Balaban J connectivity index is 0.000000182. The van der Waals surface area contributed by atoms with E-state index in [-0.39, 0.29) is 5.69 Å². The number of halogens is 1. The molecule has 0 bridgehead atoms. The first-order valence-electron chi connectivity index (χ1n) is 11.8. The average molecular weight is 537 g/mol. The summed E-state index contributed by atoms with van der Waals surface area (Å²) < 4.78 is 7.76. The van der Waals surface area contributed by atoms with Crippen molar-refractivity contribution in [1.29, 1.82) is 0 Å². The van der Waals surface area contributed by atoms with Crippen LogP contribution in [0.4, 0.5) is 5.82 Å². The first-order valence-corrected chi connectivity index (χ1v) is 13.0. The molecular formula is C26H25ClN6O3S. The van der Waals surface area contributed by atoms with Gasteiger partial charge >= 0.3 is 5.97 Å². The molecule has 6 rings (SSSR count). The molecule has 1 aliphatic heterocycles. The van der Waals surface area contributed by atoms with Crippen LogP contribution >= 0.6 is 22.9 Å². The summed E-state index contributed by atoms with van der Waals surface area (Å²) in [6, 6.07) is 17.0. The number of rotatable bonds is 5. The Morgan fingerprint density at radius 1 is 1.16 bits per heavy atom. The van der Waals surface area contributed by atoms with Crippen LogP contribution in [0.3, 0.4) is 0 Å². The lowest BCUT2D eigenvalue weighted by Crippen LogP contribution is -2.40. The van der Waals surface area contributed by atoms with Crippen molar-refractivity contribution in [3.05, 3.63) is 82.8 Å². The Morgan fingerprint density at radius 2 is 1.97 bits per heavy atom. The van der Waals surface area contributed by atoms with Gasteiger partial charge in [-0.15, -0.1) is 11.3 Å². The van der Waals surface area contributed by atoms with E-state index in [4.69, 9.17) is 21.9 Å². The fourth-order valence-corrected chi connectivity index (χ4v) is 5.26. The number of carboxylic acids is 1. The van der Waals surface area contributed by atoms with E-state index in [2.05, 4.69) is 20.0 Å². The Kier molecular flexibility index (Phi) is 7.50. The zero-order chi connectivity index (χ0) is 25.8. The normalized spacial score (nSPS) is 13.9. The van der Waals surface area contributed by atoms with Crippen molar-refractivity contribution < 1.29 is 14.4 Å². The third kappa shape index (κ3) is 5.82. The highest BCUT2D eigenvalue weighted by Gasteiger charge is 2.18. The molecule has 1 aromatic carbocycles. The largest absolute Gasteiger partial charge is 0.477 e. The first kappa shape index (κ1) is 24.9. The fourth-order valence-electron chi connectivity index (χ4n) is 4.27. The molecular weight excluding hydrogens is 512 g/mol. The first-order chi connectivity index (χ1) is 18.0. The second kappa shape index (κ2) is 11.1. The second-order valence-corrected chi connectivity index (χ2v) is 10.4. The molecule has 0 spiro atoms. The Labute approximate surface area is 222 Å². The highest BCUT2D eigenvalue weighted by Crippen LogP contribution is 2.32. The predicted molar refractivity (Wildman–Crippen MR) is 144 cm³/mol. The van der Waals surface area contributed by atoms with Gasteiger partial charge in [-0.05, 0) is 43.2 Å². The van der Waals surface area contributed by atoms with Gasteiger partial charge in [-0.1, -0.05) is 35.0 Å². The van der Waals surface area contributed by atoms with Gasteiger partial charge in [-0.3, -0.25) is 0 Å². The molecule has 0 saturated carbocycles. The van der Waals surface area contributed by atoms with Crippen LogP contribution in [0.25, 0.3) is 21.5 Å². The smallest absolute Gasteiger partial charge is 0.352 e. The average Bonchev–Trinajstić information content (AvgIpc) is 3.65. The summed E-state index contributed by atoms with van der Waals surface area (Å²) in [5, 5.41) is 14.4. The van der Waals surface area contributed by atoms with Crippen molar-refractivity contribution >= 4 is 45.6 Å². The van der Waals surface area contributed by atoms with Gasteiger partial charge in [0.05, 0.1) is 15.8 Å². The number of hydrogen-bond donors (Lipinski definition) is 2. The lowest BCUT2D eigenvalue weighted by Gasteiger charge is -2.30. The molecule has 190 valence electrons. The van der Waals surface area contributed by atoms with E-state index in [0.717, 1.165) is 47.5 Å². The summed E-state index contributed by atoms with van der Waals surface area (Å²) in [4.78, 5) is 22.8. The molecule has 1 aliphatic rings. The number of thiophene rings is 1. The summed E-state index contributed by atoms with van der Waals surface area (Å²) in [5.74, 6) is 0.664. The maximum absolute atomic E-state index is 11.5. The molecule has 4 aromatic heterocycles. The van der Waals surface area contributed by atoms with Gasteiger partial charge in [-0.25, -0.2) is 14.8 Å². The molecule has 9 nitrogen and oxygen atoms in total. The van der Waals surface area contributed by atoms with Crippen LogP contribution in [0, 0.1) is 0 Å². The number of nitrogens with two attached hydrogens (primary N) is 1. The van der Waals surface area contributed by atoms with E-state index in [0.29, 0.717) is 28.4 Å². The SMILES string of the molecule is NC1CCN(c2ccncn2)CC1.O=C(O)c1cc2ccccc2n1Cc1cc(-c2ccc(Cl)s2)on1. The molecule has 0 radical (unpaired) electrons. The van der Waals surface area contributed by atoms with Crippen LogP contribution in [-0.4, -0.2) is 49.9 Å². The van der Waals surface area contributed by atoms with Gasteiger partial charge in [0.15, 0.2) is 5.76 Å². The third-order valence-corrected chi connectivity index (χ3v) is 7.40. The van der Waals surface area contributed by atoms with Crippen molar-refractivity contribution in [2.75, 3.05) is 18.0 Å². The predicted octanol–water partition coefficient (Wildman–Crippen LogP) is 5.16.